The third-order valence-corrected chi connectivity index (χ3v) is 8.08. The van der Waals surface area contributed by atoms with Crippen LogP contribution in [0.3, 0.4) is 0 Å². The van der Waals surface area contributed by atoms with Crippen LogP contribution in [0.4, 0.5) is 11.4 Å². The molecule has 2 aromatic rings. The Bertz CT molecular complexity index is 1190. The number of para-hydroxylation sites is 2. The van der Waals surface area contributed by atoms with Gasteiger partial charge in [0, 0.05) is 17.9 Å². The summed E-state index contributed by atoms with van der Waals surface area (Å²) in [6, 6.07) is 12.6. The number of nitrogens with zero attached hydrogens (tertiary/aromatic N) is 2. The molecule has 9 nitrogen and oxygen atoms in total. The maximum absolute atomic E-state index is 13.6. The zero-order valence-corrected chi connectivity index (χ0v) is 19.6. The number of oxime groups is 1. The van der Waals surface area contributed by atoms with E-state index in [4.69, 9.17) is 9.57 Å². The van der Waals surface area contributed by atoms with E-state index in [-0.39, 0.29) is 17.3 Å². The molecule has 1 amide bonds. The van der Waals surface area contributed by atoms with Gasteiger partial charge in [-0.15, -0.1) is 0 Å². The van der Waals surface area contributed by atoms with Gasteiger partial charge in [-0.2, -0.15) is 0 Å². The van der Waals surface area contributed by atoms with E-state index in [1.54, 1.807) is 43.5 Å². The maximum Gasteiger partial charge on any atom is 0.365 e. The third-order valence-electron chi connectivity index (χ3n) is 8.08. The molecule has 178 valence electrons. The summed E-state index contributed by atoms with van der Waals surface area (Å²) in [4.78, 5) is 42.3. The van der Waals surface area contributed by atoms with Gasteiger partial charge in [-0.3, -0.25) is 14.9 Å². The minimum Gasteiger partial charge on any atom is -0.497 e. The lowest BCUT2D eigenvalue weighted by Crippen LogP contribution is -2.43. The zero-order chi connectivity index (χ0) is 24.7. The number of carbonyl (C=O) groups is 2. The number of anilines is 1. The van der Waals surface area contributed by atoms with Crippen molar-refractivity contribution in [3.05, 3.63) is 64.2 Å². The number of benzene rings is 2. The molecule has 1 N–H and O–H groups in total. The number of nitrogens with one attached hydrogen (secondary N) is 1. The summed E-state index contributed by atoms with van der Waals surface area (Å²) in [7, 11) is 1.54. The highest BCUT2D eigenvalue weighted by molar-refractivity contribution is 6.07. The first kappa shape index (κ1) is 23.4. The second-order valence-corrected chi connectivity index (χ2v) is 9.59. The molecule has 2 atom stereocenters. The fraction of sp³-hybridized carbons (Fsp3) is 0.400. The first-order chi connectivity index (χ1) is 16.1. The van der Waals surface area contributed by atoms with Gasteiger partial charge in [0.05, 0.1) is 28.7 Å². The number of rotatable bonds is 6. The molecule has 0 aliphatic heterocycles. The third kappa shape index (κ3) is 3.43. The van der Waals surface area contributed by atoms with Crippen molar-refractivity contribution in [3.63, 3.8) is 0 Å². The zero-order valence-electron chi connectivity index (χ0n) is 19.6. The highest BCUT2D eigenvalue weighted by Gasteiger charge is 2.71. The number of carbonyl (C=O) groups excluding carboxylic acids is 2. The molecule has 34 heavy (non-hydrogen) atoms. The number of nitro benzene ring substituents is 1. The van der Waals surface area contributed by atoms with Gasteiger partial charge in [-0.25, -0.2) is 4.79 Å². The summed E-state index contributed by atoms with van der Waals surface area (Å²) >= 11 is 0. The number of hydrogen-bond donors (Lipinski definition) is 1. The van der Waals surface area contributed by atoms with Crippen LogP contribution in [-0.4, -0.2) is 29.6 Å². The van der Waals surface area contributed by atoms with Gasteiger partial charge < -0.3 is 14.9 Å². The van der Waals surface area contributed by atoms with E-state index in [9.17, 15) is 19.7 Å². The van der Waals surface area contributed by atoms with Gasteiger partial charge in [0.15, 0.2) is 0 Å². The summed E-state index contributed by atoms with van der Waals surface area (Å²) in [5, 5.41) is 18.4. The molecule has 9 heteroatoms. The maximum atomic E-state index is 13.6. The summed E-state index contributed by atoms with van der Waals surface area (Å²) < 4.78 is 5.10. The summed E-state index contributed by atoms with van der Waals surface area (Å²) in [5.41, 5.74) is -0.841. The Morgan fingerprint density at radius 2 is 1.74 bits per heavy atom. The number of hydrogen-bond acceptors (Lipinski definition) is 7. The molecule has 0 aromatic heterocycles. The highest BCUT2D eigenvalue weighted by Crippen LogP contribution is 2.71. The largest absolute Gasteiger partial charge is 0.497 e. The van der Waals surface area contributed by atoms with E-state index >= 15 is 0 Å². The molecule has 2 fully saturated rings. The van der Waals surface area contributed by atoms with Gasteiger partial charge in [0.2, 0.25) is 5.91 Å². The van der Waals surface area contributed by atoms with Gasteiger partial charge in [-0.1, -0.05) is 38.1 Å². The van der Waals surface area contributed by atoms with Crippen molar-refractivity contribution >= 4 is 29.0 Å². The van der Waals surface area contributed by atoms with Crippen molar-refractivity contribution in [3.8, 4) is 5.75 Å². The van der Waals surface area contributed by atoms with E-state index in [2.05, 4.69) is 10.5 Å². The number of amides is 1. The molecule has 2 unspecified atom stereocenters. The van der Waals surface area contributed by atoms with E-state index in [1.165, 1.54) is 12.1 Å². The van der Waals surface area contributed by atoms with Gasteiger partial charge >= 0.3 is 5.97 Å². The predicted molar refractivity (Wildman–Crippen MR) is 126 cm³/mol. The quantitative estimate of drug-likeness (QED) is 0.365. The van der Waals surface area contributed by atoms with Crippen LogP contribution in [0.2, 0.25) is 0 Å². The van der Waals surface area contributed by atoms with Crippen LogP contribution in [-0.2, 0) is 9.63 Å². The minimum atomic E-state index is -0.836. The standard InChI is InChI=1S/C25H27N3O6/c1-23(2)24(3)13-14-25(23,22(30)26-18-7-5-6-8-19(18)28(31)32)15-20(24)27-34-21(29)16-9-11-17(33-4)12-10-16/h5-12H,13-15H2,1-4H3,(H,26,30)/b27-20+. The summed E-state index contributed by atoms with van der Waals surface area (Å²) in [5.74, 6) is -0.267. The van der Waals surface area contributed by atoms with Gasteiger partial charge in [0.25, 0.3) is 5.69 Å². The van der Waals surface area contributed by atoms with Crippen LogP contribution in [0.1, 0.15) is 50.4 Å². The van der Waals surface area contributed by atoms with Crippen LogP contribution < -0.4 is 10.1 Å². The van der Waals surface area contributed by atoms with Crippen LogP contribution in [0, 0.1) is 26.4 Å². The predicted octanol–water partition coefficient (Wildman–Crippen LogP) is 4.97. The van der Waals surface area contributed by atoms with Crippen LogP contribution in [0.5, 0.6) is 5.75 Å². The summed E-state index contributed by atoms with van der Waals surface area (Å²) in [6.45, 7) is 6.04. The topological polar surface area (TPSA) is 120 Å². The summed E-state index contributed by atoms with van der Waals surface area (Å²) in [6.07, 6.45) is 1.59. The molecule has 2 aliphatic carbocycles. The van der Waals surface area contributed by atoms with E-state index in [0.29, 0.717) is 36.3 Å². The average Bonchev–Trinajstić information content (AvgIpc) is 3.13. The van der Waals surface area contributed by atoms with Crippen molar-refractivity contribution in [2.75, 3.05) is 12.4 Å². The van der Waals surface area contributed by atoms with Crippen molar-refractivity contribution < 1.29 is 24.1 Å². The Morgan fingerprint density at radius 3 is 2.38 bits per heavy atom. The Morgan fingerprint density at radius 1 is 1.06 bits per heavy atom. The fourth-order valence-corrected chi connectivity index (χ4v) is 5.38. The van der Waals surface area contributed by atoms with E-state index in [0.717, 1.165) is 0 Å². The molecular weight excluding hydrogens is 438 g/mol. The Labute approximate surface area is 197 Å². The number of fused-ring (bicyclic) bond motifs is 2. The van der Waals surface area contributed by atoms with Crippen LogP contribution in [0.25, 0.3) is 0 Å². The number of ether oxygens (including phenoxy) is 1. The molecule has 2 aromatic carbocycles. The first-order valence-corrected chi connectivity index (χ1v) is 11.0. The van der Waals surface area contributed by atoms with E-state index < -0.39 is 27.1 Å². The van der Waals surface area contributed by atoms with Crippen molar-refractivity contribution in [2.24, 2.45) is 21.4 Å². The Balaban J connectivity index is 1.59. The number of methoxy groups -OCH3 is 1. The van der Waals surface area contributed by atoms with Crippen molar-refractivity contribution in [2.45, 2.75) is 40.0 Å². The molecule has 0 spiro atoms. The van der Waals surface area contributed by atoms with Crippen molar-refractivity contribution in [1.82, 2.24) is 0 Å². The lowest BCUT2D eigenvalue weighted by atomic mass is 9.64. The lowest BCUT2D eigenvalue weighted by molar-refractivity contribution is -0.383. The monoisotopic (exact) mass is 465 g/mol. The van der Waals surface area contributed by atoms with E-state index in [1.807, 2.05) is 20.8 Å². The number of nitro groups is 1. The van der Waals surface area contributed by atoms with Gasteiger partial charge in [0.1, 0.15) is 11.4 Å². The second kappa shape index (κ2) is 8.23. The smallest absolute Gasteiger partial charge is 0.365 e. The molecule has 0 saturated heterocycles. The molecule has 2 saturated carbocycles. The molecular formula is C25H27N3O6. The molecule has 4 rings (SSSR count). The normalized spacial score (nSPS) is 25.7. The Kier molecular flexibility index (Phi) is 5.67. The fourth-order valence-electron chi connectivity index (χ4n) is 5.38. The molecule has 0 radical (unpaired) electrons. The van der Waals surface area contributed by atoms with Gasteiger partial charge in [-0.05, 0) is 48.6 Å². The van der Waals surface area contributed by atoms with Crippen molar-refractivity contribution in [1.29, 1.82) is 0 Å². The first-order valence-electron chi connectivity index (χ1n) is 11.0. The van der Waals surface area contributed by atoms with Crippen LogP contribution >= 0.6 is 0 Å². The molecule has 2 aliphatic rings. The van der Waals surface area contributed by atoms with Crippen LogP contribution in [0.15, 0.2) is 53.7 Å². The Hall–Kier alpha value is -3.75. The second-order valence-electron chi connectivity index (χ2n) is 9.59. The SMILES string of the molecule is COc1ccc(C(=O)O/N=C2\CC3(C(=O)Nc4ccccc4[N+](=O)[O-])CCC2(C)C3(C)C)cc1. The molecule has 2 bridgehead atoms. The molecule has 0 heterocycles. The lowest BCUT2D eigenvalue weighted by Gasteiger charge is -2.39. The highest BCUT2D eigenvalue weighted by atomic mass is 16.7. The minimum absolute atomic E-state index is 0.160. The average molecular weight is 466 g/mol.